The largest absolute Gasteiger partial charge is 0.497 e. The third kappa shape index (κ3) is 5.58. The van der Waals surface area contributed by atoms with Gasteiger partial charge < -0.3 is 24.3 Å². The molecule has 0 bridgehead atoms. The Balaban J connectivity index is 1.81. The minimum absolute atomic E-state index is 0.182. The van der Waals surface area contributed by atoms with E-state index in [1.165, 1.54) is 0 Å². The number of methoxy groups -OCH3 is 2. The maximum Gasteiger partial charge on any atom is 0.261 e. The fourth-order valence-corrected chi connectivity index (χ4v) is 2.35. The summed E-state index contributed by atoms with van der Waals surface area (Å²) in [5, 5.41) is 2.83. The van der Waals surface area contributed by atoms with Crippen LogP contribution in [0.2, 0.25) is 0 Å². The van der Waals surface area contributed by atoms with Gasteiger partial charge in [-0.05, 0) is 30.7 Å². The molecule has 0 heterocycles. The Morgan fingerprint density at radius 1 is 1.00 bits per heavy atom. The van der Waals surface area contributed by atoms with Gasteiger partial charge in [0.1, 0.15) is 18.1 Å². The Kier molecular flexibility index (Phi) is 7.61. The van der Waals surface area contributed by atoms with Gasteiger partial charge >= 0.3 is 0 Å². The van der Waals surface area contributed by atoms with E-state index in [-0.39, 0.29) is 5.91 Å². The maximum absolute atomic E-state index is 12.3. The average molecular weight is 359 g/mol. The van der Waals surface area contributed by atoms with Gasteiger partial charge in [-0.1, -0.05) is 25.1 Å². The Hall–Kier alpha value is -2.89. The quantitative estimate of drug-likeness (QED) is 0.661. The molecule has 6 nitrogen and oxygen atoms in total. The van der Waals surface area contributed by atoms with Crippen LogP contribution in [0.25, 0.3) is 0 Å². The number of hydrogen-bond acceptors (Lipinski definition) is 5. The van der Waals surface area contributed by atoms with E-state index in [0.717, 1.165) is 0 Å². The summed E-state index contributed by atoms with van der Waals surface area (Å²) in [6.45, 7) is 2.60. The standard InChI is InChI=1S/C20H25NO5/c1-4-17(26-16-9-7-8-15(14-16)23-2)20(22)21-12-13-25-19-11-6-5-10-18(19)24-3/h5-11,14,17H,4,12-13H2,1-3H3,(H,21,22)/t17-/m1/s1. The van der Waals surface area contributed by atoms with Gasteiger partial charge in [0, 0.05) is 6.07 Å². The molecule has 1 amide bonds. The van der Waals surface area contributed by atoms with Gasteiger partial charge in [0.05, 0.1) is 20.8 Å². The minimum atomic E-state index is -0.576. The molecule has 140 valence electrons. The van der Waals surface area contributed by atoms with Crippen LogP contribution in [0.3, 0.4) is 0 Å². The van der Waals surface area contributed by atoms with E-state index in [2.05, 4.69) is 5.32 Å². The van der Waals surface area contributed by atoms with Crippen LogP contribution >= 0.6 is 0 Å². The monoisotopic (exact) mass is 359 g/mol. The molecule has 2 rings (SSSR count). The third-order valence-electron chi connectivity index (χ3n) is 3.71. The highest BCUT2D eigenvalue weighted by Crippen LogP contribution is 2.25. The number of hydrogen-bond donors (Lipinski definition) is 1. The summed E-state index contributed by atoms with van der Waals surface area (Å²) in [4.78, 5) is 12.3. The van der Waals surface area contributed by atoms with Crippen molar-refractivity contribution in [2.45, 2.75) is 19.4 Å². The molecular weight excluding hydrogens is 334 g/mol. The molecule has 6 heteroatoms. The van der Waals surface area contributed by atoms with Gasteiger partial charge in [-0.3, -0.25) is 4.79 Å². The first-order valence-electron chi connectivity index (χ1n) is 8.52. The molecule has 0 radical (unpaired) electrons. The van der Waals surface area contributed by atoms with Crippen LogP contribution in [0.15, 0.2) is 48.5 Å². The van der Waals surface area contributed by atoms with Gasteiger partial charge in [-0.25, -0.2) is 0 Å². The lowest BCUT2D eigenvalue weighted by Gasteiger charge is -2.18. The molecule has 2 aromatic rings. The van der Waals surface area contributed by atoms with E-state index in [1.807, 2.05) is 43.3 Å². The van der Waals surface area contributed by atoms with Crippen LogP contribution in [-0.2, 0) is 4.79 Å². The second kappa shape index (κ2) is 10.2. The number of carbonyl (C=O) groups is 1. The van der Waals surface area contributed by atoms with Crippen LogP contribution in [-0.4, -0.2) is 39.4 Å². The summed E-state index contributed by atoms with van der Waals surface area (Å²) in [7, 11) is 3.18. The van der Waals surface area contributed by atoms with Crippen molar-refractivity contribution in [1.82, 2.24) is 5.32 Å². The first-order valence-corrected chi connectivity index (χ1v) is 8.52. The summed E-state index contributed by atoms with van der Waals surface area (Å²) < 4.78 is 21.8. The zero-order valence-corrected chi connectivity index (χ0v) is 15.4. The lowest BCUT2D eigenvalue weighted by Crippen LogP contribution is -2.39. The van der Waals surface area contributed by atoms with Gasteiger partial charge in [-0.2, -0.15) is 0 Å². The van der Waals surface area contributed by atoms with E-state index in [0.29, 0.717) is 42.6 Å². The average Bonchev–Trinajstić information content (AvgIpc) is 2.69. The van der Waals surface area contributed by atoms with Gasteiger partial charge in [0.25, 0.3) is 5.91 Å². The third-order valence-corrected chi connectivity index (χ3v) is 3.71. The Morgan fingerprint density at radius 3 is 2.42 bits per heavy atom. The Morgan fingerprint density at radius 2 is 1.73 bits per heavy atom. The molecule has 0 saturated carbocycles. The zero-order valence-electron chi connectivity index (χ0n) is 15.4. The van der Waals surface area contributed by atoms with Crippen molar-refractivity contribution in [2.24, 2.45) is 0 Å². The second-order valence-corrected chi connectivity index (χ2v) is 5.48. The maximum atomic E-state index is 12.3. The number of ether oxygens (including phenoxy) is 4. The number of carbonyl (C=O) groups excluding carboxylic acids is 1. The van der Waals surface area contributed by atoms with E-state index in [9.17, 15) is 4.79 Å². The summed E-state index contributed by atoms with van der Waals surface area (Å²) in [5.74, 6) is 2.40. The van der Waals surface area contributed by atoms with Crippen molar-refractivity contribution in [3.8, 4) is 23.0 Å². The number of para-hydroxylation sites is 2. The van der Waals surface area contributed by atoms with E-state index in [1.54, 1.807) is 26.4 Å². The van der Waals surface area contributed by atoms with Crippen molar-refractivity contribution >= 4 is 5.91 Å². The lowest BCUT2D eigenvalue weighted by atomic mass is 10.2. The van der Waals surface area contributed by atoms with Gasteiger partial charge in [0.15, 0.2) is 17.6 Å². The van der Waals surface area contributed by atoms with E-state index >= 15 is 0 Å². The summed E-state index contributed by atoms with van der Waals surface area (Å²) in [6, 6.07) is 14.6. The van der Waals surface area contributed by atoms with Crippen molar-refractivity contribution in [2.75, 3.05) is 27.4 Å². The fraction of sp³-hybridized carbons (Fsp3) is 0.350. The van der Waals surface area contributed by atoms with Gasteiger partial charge in [0.2, 0.25) is 0 Å². The Labute approximate surface area is 154 Å². The first-order chi connectivity index (χ1) is 12.7. The summed E-state index contributed by atoms with van der Waals surface area (Å²) >= 11 is 0. The van der Waals surface area contributed by atoms with E-state index < -0.39 is 6.10 Å². The number of benzene rings is 2. The molecular formula is C20H25NO5. The molecule has 26 heavy (non-hydrogen) atoms. The molecule has 0 saturated heterocycles. The normalized spacial score (nSPS) is 11.3. The SMILES string of the molecule is CC[C@@H](Oc1cccc(OC)c1)C(=O)NCCOc1ccccc1OC. The molecule has 0 unspecified atom stereocenters. The lowest BCUT2D eigenvalue weighted by molar-refractivity contribution is -0.128. The molecule has 0 fully saturated rings. The summed E-state index contributed by atoms with van der Waals surface area (Å²) in [6.07, 6.45) is -0.0236. The van der Waals surface area contributed by atoms with Crippen molar-refractivity contribution in [3.05, 3.63) is 48.5 Å². The fourth-order valence-electron chi connectivity index (χ4n) is 2.35. The van der Waals surface area contributed by atoms with Crippen LogP contribution in [0, 0.1) is 0 Å². The molecule has 0 aromatic heterocycles. The molecule has 0 aliphatic heterocycles. The van der Waals surface area contributed by atoms with Crippen LogP contribution < -0.4 is 24.3 Å². The molecule has 0 aliphatic rings. The second-order valence-electron chi connectivity index (χ2n) is 5.48. The Bertz CT molecular complexity index is 704. The number of nitrogens with one attached hydrogen (secondary N) is 1. The zero-order chi connectivity index (χ0) is 18.8. The number of rotatable bonds is 10. The van der Waals surface area contributed by atoms with E-state index in [4.69, 9.17) is 18.9 Å². The predicted octanol–water partition coefficient (Wildman–Crippen LogP) is 3.06. The highest BCUT2D eigenvalue weighted by molar-refractivity contribution is 5.81. The molecule has 0 aliphatic carbocycles. The summed E-state index contributed by atoms with van der Waals surface area (Å²) in [5.41, 5.74) is 0. The highest BCUT2D eigenvalue weighted by atomic mass is 16.5. The molecule has 1 atom stereocenters. The van der Waals surface area contributed by atoms with Crippen molar-refractivity contribution in [1.29, 1.82) is 0 Å². The van der Waals surface area contributed by atoms with Crippen LogP contribution in [0.4, 0.5) is 0 Å². The first kappa shape index (κ1) is 19.4. The molecule has 0 spiro atoms. The van der Waals surface area contributed by atoms with Gasteiger partial charge in [-0.15, -0.1) is 0 Å². The highest BCUT2D eigenvalue weighted by Gasteiger charge is 2.18. The van der Waals surface area contributed by atoms with Crippen molar-refractivity contribution in [3.63, 3.8) is 0 Å². The molecule has 1 N–H and O–H groups in total. The van der Waals surface area contributed by atoms with Crippen molar-refractivity contribution < 1.29 is 23.7 Å². The smallest absolute Gasteiger partial charge is 0.261 e. The predicted molar refractivity (Wildman–Crippen MR) is 99.2 cm³/mol. The minimum Gasteiger partial charge on any atom is -0.497 e. The van der Waals surface area contributed by atoms with Crippen LogP contribution in [0.5, 0.6) is 23.0 Å². The molecule has 2 aromatic carbocycles. The van der Waals surface area contributed by atoms with Crippen LogP contribution in [0.1, 0.15) is 13.3 Å². The topological polar surface area (TPSA) is 66.0 Å². The number of amides is 1.